The Labute approximate surface area is 102 Å². The van der Waals surface area contributed by atoms with Crippen molar-refractivity contribution in [1.29, 1.82) is 0 Å². The van der Waals surface area contributed by atoms with Gasteiger partial charge in [0.25, 0.3) is 0 Å². The molecule has 0 radical (unpaired) electrons. The summed E-state index contributed by atoms with van der Waals surface area (Å²) in [5.74, 6) is 0.200. The van der Waals surface area contributed by atoms with Crippen LogP contribution in [-0.2, 0) is 4.79 Å². The number of nitrogens with one attached hydrogen (secondary N) is 1. The lowest BCUT2D eigenvalue weighted by atomic mass is 9.88. The van der Waals surface area contributed by atoms with Gasteiger partial charge in [0.05, 0.1) is 5.92 Å². The number of carbonyl (C=O) groups excluding carboxylic acids is 1. The zero-order valence-electron chi connectivity index (χ0n) is 10.3. The van der Waals surface area contributed by atoms with E-state index in [1.54, 1.807) is 0 Å². The van der Waals surface area contributed by atoms with Crippen LogP contribution in [0.5, 0.6) is 0 Å². The summed E-state index contributed by atoms with van der Waals surface area (Å²) in [7, 11) is 0. The van der Waals surface area contributed by atoms with Gasteiger partial charge in [-0.25, -0.2) is 0 Å². The van der Waals surface area contributed by atoms with Crippen LogP contribution in [0.15, 0.2) is 24.3 Å². The Kier molecular flexibility index (Phi) is 3.79. The minimum absolute atomic E-state index is 0.197. The molecule has 1 atom stereocenters. The van der Waals surface area contributed by atoms with Crippen LogP contribution in [0.4, 0.5) is 0 Å². The third-order valence-electron chi connectivity index (χ3n) is 3.67. The predicted octanol–water partition coefficient (Wildman–Crippen LogP) is 1.74. The maximum Gasteiger partial charge on any atom is 0.224 e. The van der Waals surface area contributed by atoms with E-state index in [4.69, 9.17) is 5.73 Å². The first-order valence-corrected chi connectivity index (χ1v) is 6.28. The highest BCUT2D eigenvalue weighted by Crippen LogP contribution is 2.26. The number of amides is 1. The van der Waals surface area contributed by atoms with Gasteiger partial charge in [-0.1, -0.05) is 24.3 Å². The molecule has 1 aromatic carbocycles. The van der Waals surface area contributed by atoms with E-state index in [0.29, 0.717) is 5.92 Å². The number of hydrogen-bond donors (Lipinski definition) is 2. The number of piperidine rings is 1. The Morgan fingerprint density at radius 1 is 1.29 bits per heavy atom. The maximum atomic E-state index is 11.1. The van der Waals surface area contributed by atoms with Gasteiger partial charge in [0, 0.05) is 0 Å². The minimum Gasteiger partial charge on any atom is -0.369 e. The molecular weight excluding hydrogens is 212 g/mol. The molecule has 1 amide bonds. The Morgan fingerprint density at radius 2 is 1.88 bits per heavy atom. The van der Waals surface area contributed by atoms with Crippen molar-refractivity contribution in [2.75, 3.05) is 13.1 Å². The van der Waals surface area contributed by atoms with E-state index in [1.165, 1.54) is 18.4 Å². The van der Waals surface area contributed by atoms with Crippen molar-refractivity contribution in [2.45, 2.75) is 31.6 Å². The van der Waals surface area contributed by atoms with Gasteiger partial charge in [-0.2, -0.15) is 0 Å². The Balaban J connectivity index is 2.09. The molecule has 0 spiro atoms. The molecule has 1 unspecified atom stereocenters. The third kappa shape index (κ3) is 2.86. The van der Waals surface area contributed by atoms with Gasteiger partial charge < -0.3 is 11.1 Å². The van der Waals surface area contributed by atoms with E-state index in [9.17, 15) is 4.79 Å². The SMILES string of the molecule is CC(C(N)=O)c1ccc(C2CCNCC2)cc1. The molecule has 1 aliphatic heterocycles. The quantitative estimate of drug-likeness (QED) is 0.834. The van der Waals surface area contributed by atoms with Crippen LogP contribution in [0.25, 0.3) is 0 Å². The molecule has 1 heterocycles. The van der Waals surface area contributed by atoms with Crippen LogP contribution in [0.2, 0.25) is 0 Å². The summed E-state index contributed by atoms with van der Waals surface area (Å²) in [4.78, 5) is 11.1. The Hall–Kier alpha value is -1.35. The zero-order valence-corrected chi connectivity index (χ0v) is 10.3. The summed E-state index contributed by atoms with van der Waals surface area (Å²) >= 11 is 0. The average Bonchev–Trinajstić information content (AvgIpc) is 2.39. The average molecular weight is 232 g/mol. The molecule has 1 aromatic rings. The largest absolute Gasteiger partial charge is 0.369 e. The molecule has 0 saturated carbocycles. The van der Waals surface area contributed by atoms with E-state index >= 15 is 0 Å². The molecule has 3 N–H and O–H groups in total. The Bertz CT molecular complexity index is 380. The fraction of sp³-hybridized carbons (Fsp3) is 0.500. The molecule has 0 aliphatic carbocycles. The number of carbonyl (C=O) groups is 1. The molecule has 3 heteroatoms. The molecule has 0 aromatic heterocycles. The lowest BCUT2D eigenvalue weighted by Crippen LogP contribution is -2.26. The molecule has 1 saturated heterocycles. The van der Waals surface area contributed by atoms with Gasteiger partial charge in [-0.15, -0.1) is 0 Å². The van der Waals surface area contributed by atoms with E-state index in [2.05, 4.69) is 17.4 Å². The third-order valence-corrected chi connectivity index (χ3v) is 3.67. The summed E-state index contributed by atoms with van der Waals surface area (Å²) in [6, 6.07) is 8.36. The lowest BCUT2D eigenvalue weighted by molar-refractivity contribution is -0.119. The van der Waals surface area contributed by atoms with Crippen molar-refractivity contribution in [3.8, 4) is 0 Å². The van der Waals surface area contributed by atoms with Crippen molar-refractivity contribution in [3.05, 3.63) is 35.4 Å². The van der Waals surface area contributed by atoms with Crippen molar-refractivity contribution >= 4 is 5.91 Å². The molecular formula is C14H20N2O. The van der Waals surface area contributed by atoms with Crippen molar-refractivity contribution in [2.24, 2.45) is 5.73 Å². The molecule has 0 bridgehead atoms. The highest BCUT2D eigenvalue weighted by Gasteiger charge is 2.16. The number of nitrogens with two attached hydrogens (primary N) is 1. The van der Waals surface area contributed by atoms with Gasteiger partial charge in [-0.05, 0) is 49.9 Å². The van der Waals surface area contributed by atoms with E-state index in [0.717, 1.165) is 18.7 Å². The number of benzene rings is 1. The second kappa shape index (κ2) is 5.32. The maximum absolute atomic E-state index is 11.1. The lowest BCUT2D eigenvalue weighted by Gasteiger charge is -2.23. The smallest absolute Gasteiger partial charge is 0.224 e. The molecule has 1 aliphatic rings. The van der Waals surface area contributed by atoms with Crippen molar-refractivity contribution in [1.82, 2.24) is 5.32 Å². The van der Waals surface area contributed by atoms with E-state index < -0.39 is 0 Å². The summed E-state index contributed by atoms with van der Waals surface area (Å²) in [6.45, 7) is 4.05. The highest BCUT2D eigenvalue weighted by molar-refractivity contribution is 5.81. The van der Waals surface area contributed by atoms with Gasteiger partial charge in [0.1, 0.15) is 0 Å². The summed E-state index contributed by atoms with van der Waals surface area (Å²) in [5.41, 5.74) is 7.69. The first-order valence-electron chi connectivity index (χ1n) is 6.28. The summed E-state index contributed by atoms with van der Waals surface area (Å²) < 4.78 is 0. The second-order valence-corrected chi connectivity index (χ2v) is 4.81. The molecule has 1 fully saturated rings. The predicted molar refractivity (Wildman–Crippen MR) is 68.9 cm³/mol. The standard InChI is InChI=1S/C14H20N2O/c1-10(14(15)17)11-2-4-12(5-3-11)13-6-8-16-9-7-13/h2-5,10,13,16H,6-9H2,1H3,(H2,15,17). The Morgan fingerprint density at radius 3 is 2.41 bits per heavy atom. The topological polar surface area (TPSA) is 55.1 Å². The fourth-order valence-electron chi connectivity index (χ4n) is 2.38. The van der Waals surface area contributed by atoms with Crippen molar-refractivity contribution in [3.63, 3.8) is 0 Å². The van der Waals surface area contributed by atoms with Crippen LogP contribution in [0.1, 0.15) is 42.7 Å². The van der Waals surface area contributed by atoms with Crippen LogP contribution >= 0.6 is 0 Å². The van der Waals surface area contributed by atoms with E-state index in [1.807, 2.05) is 19.1 Å². The molecule has 3 nitrogen and oxygen atoms in total. The second-order valence-electron chi connectivity index (χ2n) is 4.81. The molecule has 17 heavy (non-hydrogen) atoms. The highest BCUT2D eigenvalue weighted by atomic mass is 16.1. The van der Waals surface area contributed by atoms with Gasteiger partial charge in [0.2, 0.25) is 5.91 Å². The molecule has 92 valence electrons. The summed E-state index contributed by atoms with van der Waals surface area (Å²) in [5, 5.41) is 3.37. The van der Waals surface area contributed by atoms with Gasteiger partial charge in [0.15, 0.2) is 0 Å². The normalized spacial score (nSPS) is 18.9. The monoisotopic (exact) mass is 232 g/mol. The number of hydrogen-bond acceptors (Lipinski definition) is 2. The first kappa shape index (κ1) is 12.1. The number of rotatable bonds is 3. The summed E-state index contributed by atoms with van der Waals surface area (Å²) in [6.07, 6.45) is 2.40. The minimum atomic E-state index is -0.264. The molecule has 2 rings (SSSR count). The van der Waals surface area contributed by atoms with Crippen LogP contribution in [0, 0.1) is 0 Å². The van der Waals surface area contributed by atoms with Crippen molar-refractivity contribution < 1.29 is 4.79 Å². The van der Waals surface area contributed by atoms with Gasteiger partial charge in [-0.3, -0.25) is 4.79 Å². The van der Waals surface area contributed by atoms with Crippen LogP contribution in [-0.4, -0.2) is 19.0 Å². The van der Waals surface area contributed by atoms with Crippen LogP contribution < -0.4 is 11.1 Å². The fourth-order valence-corrected chi connectivity index (χ4v) is 2.38. The zero-order chi connectivity index (χ0) is 12.3. The van der Waals surface area contributed by atoms with Crippen LogP contribution in [0.3, 0.4) is 0 Å². The first-order chi connectivity index (χ1) is 8.18. The van der Waals surface area contributed by atoms with E-state index in [-0.39, 0.29) is 11.8 Å². The number of primary amides is 1. The van der Waals surface area contributed by atoms with Gasteiger partial charge >= 0.3 is 0 Å².